The van der Waals surface area contributed by atoms with Gasteiger partial charge in [-0.05, 0) is 18.3 Å². The Balaban J connectivity index is 3.86. The highest BCUT2D eigenvalue weighted by molar-refractivity contribution is 5.81. The summed E-state index contributed by atoms with van der Waals surface area (Å²) in [6.07, 6.45) is 2.51. The molecule has 2 heteroatoms. The fourth-order valence-corrected chi connectivity index (χ4v) is 1.23. The molecule has 0 spiro atoms. The Kier molecular flexibility index (Phi) is 5.23. The summed E-state index contributed by atoms with van der Waals surface area (Å²) in [5.41, 5.74) is 5.76. The van der Waals surface area contributed by atoms with Crippen molar-refractivity contribution >= 4 is 5.78 Å². The molecule has 0 amide bonds. The molecule has 0 saturated heterocycles. The Morgan fingerprint density at radius 3 is 2.23 bits per heavy atom. The first-order valence-corrected chi connectivity index (χ1v) is 5.13. The maximum absolute atomic E-state index is 11.6. The summed E-state index contributed by atoms with van der Waals surface area (Å²) in [6.45, 7) is 8.99. The van der Waals surface area contributed by atoms with Crippen LogP contribution in [0.4, 0.5) is 0 Å². The topological polar surface area (TPSA) is 43.1 Å². The van der Waals surface area contributed by atoms with E-state index in [4.69, 9.17) is 5.73 Å². The van der Waals surface area contributed by atoms with Gasteiger partial charge in [0.15, 0.2) is 0 Å². The number of rotatable bonds is 5. The quantitative estimate of drug-likeness (QED) is 0.714. The van der Waals surface area contributed by atoms with Crippen molar-refractivity contribution < 1.29 is 4.79 Å². The Morgan fingerprint density at radius 2 is 1.92 bits per heavy atom. The third-order valence-corrected chi connectivity index (χ3v) is 2.35. The average Bonchev–Trinajstić information content (AvgIpc) is 2.02. The first-order valence-electron chi connectivity index (χ1n) is 5.13. The second-order valence-electron chi connectivity index (χ2n) is 4.87. The molecule has 0 heterocycles. The fourth-order valence-electron chi connectivity index (χ4n) is 1.23. The molecule has 0 saturated carbocycles. The van der Waals surface area contributed by atoms with Crippen LogP contribution in [0.1, 0.15) is 47.0 Å². The normalized spacial score (nSPS) is 14.2. The third kappa shape index (κ3) is 5.81. The summed E-state index contributed by atoms with van der Waals surface area (Å²) in [7, 11) is 0. The lowest BCUT2D eigenvalue weighted by Gasteiger charge is -2.19. The van der Waals surface area contributed by atoms with Crippen LogP contribution in [0.25, 0.3) is 0 Å². The Morgan fingerprint density at radius 1 is 1.38 bits per heavy atom. The molecule has 1 unspecified atom stereocenters. The van der Waals surface area contributed by atoms with E-state index in [1.807, 2.05) is 6.92 Å². The van der Waals surface area contributed by atoms with E-state index in [-0.39, 0.29) is 11.3 Å². The maximum Gasteiger partial charge on any atom is 0.137 e. The Hall–Kier alpha value is -0.370. The van der Waals surface area contributed by atoms with Crippen LogP contribution in [0, 0.1) is 11.3 Å². The van der Waals surface area contributed by atoms with Crippen molar-refractivity contribution in [1.82, 2.24) is 0 Å². The minimum absolute atomic E-state index is 0.0855. The van der Waals surface area contributed by atoms with Gasteiger partial charge in [-0.2, -0.15) is 0 Å². The third-order valence-electron chi connectivity index (χ3n) is 2.35. The number of hydrogen-bond acceptors (Lipinski definition) is 2. The van der Waals surface area contributed by atoms with Gasteiger partial charge in [0.25, 0.3) is 0 Å². The van der Waals surface area contributed by atoms with E-state index in [0.29, 0.717) is 18.7 Å². The first-order chi connectivity index (χ1) is 5.90. The highest BCUT2D eigenvalue weighted by atomic mass is 16.1. The van der Waals surface area contributed by atoms with E-state index in [1.165, 1.54) is 0 Å². The lowest BCUT2D eigenvalue weighted by atomic mass is 9.87. The SMILES string of the molecule is CCC(CN)C(=O)CCC(C)(C)C. The second-order valence-corrected chi connectivity index (χ2v) is 4.87. The minimum atomic E-state index is 0.0855. The molecule has 78 valence electrons. The van der Waals surface area contributed by atoms with E-state index in [1.54, 1.807) is 0 Å². The minimum Gasteiger partial charge on any atom is -0.330 e. The van der Waals surface area contributed by atoms with Gasteiger partial charge in [0.1, 0.15) is 5.78 Å². The molecule has 1 atom stereocenters. The molecule has 0 aliphatic rings. The maximum atomic E-state index is 11.6. The number of Topliss-reactive ketones (excluding diaryl/α,β-unsaturated/α-hetero) is 1. The van der Waals surface area contributed by atoms with E-state index in [0.717, 1.165) is 12.8 Å². The molecule has 0 fully saturated rings. The predicted octanol–water partition coefficient (Wildman–Crippen LogP) is 2.37. The molecule has 0 aromatic rings. The number of hydrogen-bond donors (Lipinski definition) is 1. The largest absolute Gasteiger partial charge is 0.330 e. The Bertz CT molecular complexity index is 154. The first kappa shape index (κ1) is 12.6. The van der Waals surface area contributed by atoms with Gasteiger partial charge >= 0.3 is 0 Å². The van der Waals surface area contributed by atoms with Gasteiger partial charge in [-0.3, -0.25) is 4.79 Å². The molecule has 0 aliphatic heterocycles. The number of nitrogens with two attached hydrogens (primary N) is 1. The van der Waals surface area contributed by atoms with Crippen molar-refractivity contribution in [3.05, 3.63) is 0 Å². The molecule has 0 rings (SSSR count). The molecule has 13 heavy (non-hydrogen) atoms. The van der Waals surface area contributed by atoms with Crippen molar-refractivity contribution in [1.29, 1.82) is 0 Å². The van der Waals surface area contributed by atoms with E-state index in [9.17, 15) is 4.79 Å². The molecule has 0 radical (unpaired) electrons. The molecule has 0 aromatic carbocycles. The zero-order valence-electron chi connectivity index (χ0n) is 9.39. The summed E-state index contributed by atoms with van der Waals surface area (Å²) in [6, 6.07) is 0. The lowest BCUT2D eigenvalue weighted by molar-refractivity contribution is -0.123. The average molecular weight is 185 g/mol. The lowest BCUT2D eigenvalue weighted by Crippen LogP contribution is -2.24. The molecule has 2 N–H and O–H groups in total. The summed E-state index contributed by atoms with van der Waals surface area (Å²) in [5.74, 6) is 0.419. The molecule has 2 nitrogen and oxygen atoms in total. The summed E-state index contributed by atoms with van der Waals surface area (Å²) in [5, 5.41) is 0. The molecule has 0 bridgehead atoms. The monoisotopic (exact) mass is 185 g/mol. The highest BCUT2D eigenvalue weighted by Crippen LogP contribution is 2.22. The standard InChI is InChI=1S/C11H23NO/c1-5-9(8-12)10(13)6-7-11(2,3)4/h9H,5-8,12H2,1-4H3. The van der Waals surface area contributed by atoms with Gasteiger partial charge in [-0.15, -0.1) is 0 Å². The van der Waals surface area contributed by atoms with Crippen molar-refractivity contribution in [2.75, 3.05) is 6.54 Å². The van der Waals surface area contributed by atoms with Crippen LogP contribution < -0.4 is 5.73 Å². The van der Waals surface area contributed by atoms with E-state index in [2.05, 4.69) is 20.8 Å². The zero-order chi connectivity index (χ0) is 10.5. The summed E-state index contributed by atoms with van der Waals surface area (Å²) in [4.78, 5) is 11.6. The van der Waals surface area contributed by atoms with Gasteiger partial charge < -0.3 is 5.73 Å². The Labute approximate surface area is 81.9 Å². The van der Waals surface area contributed by atoms with Crippen LogP contribution >= 0.6 is 0 Å². The van der Waals surface area contributed by atoms with Crippen LogP contribution in [0.5, 0.6) is 0 Å². The zero-order valence-corrected chi connectivity index (χ0v) is 9.39. The van der Waals surface area contributed by atoms with Crippen LogP contribution in [0.3, 0.4) is 0 Å². The van der Waals surface area contributed by atoms with Crippen LogP contribution in [-0.4, -0.2) is 12.3 Å². The van der Waals surface area contributed by atoms with Crippen molar-refractivity contribution in [3.63, 3.8) is 0 Å². The van der Waals surface area contributed by atoms with Gasteiger partial charge in [0.2, 0.25) is 0 Å². The van der Waals surface area contributed by atoms with E-state index >= 15 is 0 Å². The van der Waals surface area contributed by atoms with Gasteiger partial charge in [-0.25, -0.2) is 0 Å². The van der Waals surface area contributed by atoms with Gasteiger partial charge in [-0.1, -0.05) is 27.7 Å². The van der Waals surface area contributed by atoms with Crippen molar-refractivity contribution in [3.8, 4) is 0 Å². The highest BCUT2D eigenvalue weighted by Gasteiger charge is 2.17. The predicted molar refractivity (Wildman–Crippen MR) is 56.5 cm³/mol. The summed E-state index contributed by atoms with van der Waals surface area (Å²) < 4.78 is 0. The number of ketones is 1. The fraction of sp³-hybridized carbons (Fsp3) is 0.909. The van der Waals surface area contributed by atoms with Crippen molar-refractivity contribution in [2.24, 2.45) is 17.1 Å². The number of carbonyl (C=O) groups is 1. The van der Waals surface area contributed by atoms with Crippen LogP contribution in [0.15, 0.2) is 0 Å². The van der Waals surface area contributed by atoms with E-state index < -0.39 is 0 Å². The van der Waals surface area contributed by atoms with Gasteiger partial charge in [0.05, 0.1) is 0 Å². The smallest absolute Gasteiger partial charge is 0.137 e. The van der Waals surface area contributed by atoms with Gasteiger partial charge in [0, 0.05) is 18.9 Å². The summed E-state index contributed by atoms with van der Waals surface area (Å²) >= 11 is 0. The van der Waals surface area contributed by atoms with Crippen LogP contribution in [-0.2, 0) is 4.79 Å². The van der Waals surface area contributed by atoms with Crippen molar-refractivity contribution in [2.45, 2.75) is 47.0 Å². The molecular weight excluding hydrogens is 162 g/mol. The molecular formula is C11H23NO. The number of carbonyl (C=O) groups excluding carboxylic acids is 1. The second kappa shape index (κ2) is 5.38. The molecule has 0 aromatic heterocycles. The molecule has 0 aliphatic carbocycles. The van der Waals surface area contributed by atoms with Crippen LogP contribution in [0.2, 0.25) is 0 Å².